The maximum absolute atomic E-state index is 10.2. The van der Waals surface area contributed by atoms with E-state index < -0.39 is 9.04 Å². The van der Waals surface area contributed by atoms with Gasteiger partial charge >= 0.3 is 0 Å². The van der Waals surface area contributed by atoms with Gasteiger partial charge < -0.3 is 4.80 Å². The highest BCUT2D eigenvalue weighted by atomic mass is 28.3. The lowest BCUT2D eigenvalue weighted by Gasteiger charge is -2.08. The van der Waals surface area contributed by atoms with Crippen LogP contribution in [-0.4, -0.2) is 13.8 Å². The Balaban J connectivity index is 3.12. The van der Waals surface area contributed by atoms with Gasteiger partial charge in [0.1, 0.15) is 0 Å². The van der Waals surface area contributed by atoms with Gasteiger partial charge in [0.15, 0.2) is 0 Å². The summed E-state index contributed by atoms with van der Waals surface area (Å²) in [6, 6.07) is 2.27. The lowest BCUT2D eigenvalue weighted by molar-refractivity contribution is 0.533. The molecule has 0 aliphatic carbocycles. The van der Waals surface area contributed by atoms with Gasteiger partial charge in [-0.25, -0.2) is 0 Å². The zero-order chi connectivity index (χ0) is 17.7. The van der Waals surface area contributed by atoms with Crippen molar-refractivity contribution in [1.29, 1.82) is 0 Å². The van der Waals surface area contributed by atoms with Crippen molar-refractivity contribution in [2.45, 2.75) is 142 Å². The highest BCUT2D eigenvalue weighted by Gasteiger charge is 2.07. The van der Waals surface area contributed by atoms with Crippen LogP contribution in [0, 0.1) is 0 Å². The molecule has 0 aromatic rings. The van der Waals surface area contributed by atoms with Gasteiger partial charge in [-0.15, -0.1) is 0 Å². The zero-order valence-electron chi connectivity index (χ0n) is 17.1. The number of hydrogen-bond acceptors (Lipinski definition) is 1. The molecular formula is C22H47OSi. The van der Waals surface area contributed by atoms with Crippen molar-refractivity contribution in [3.05, 3.63) is 0 Å². The predicted molar refractivity (Wildman–Crippen MR) is 112 cm³/mol. The molecule has 1 nitrogen and oxygen atoms in total. The first-order valence-corrected chi connectivity index (χ1v) is 13.2. The van der Waals surface area contributed by atoms with Crippen LogP contribution in [0.15, 0.2) is 0 Å². The van der Waals surface area contributed by atoms with Crippen molar-refractivity contribution in [3.63, 3.8) is 0 Å². The van der Waals surface area contributed by atoms with Gasteiger partial charge in [-0.1, -0.05) is 129 Å². The lowest BCUT2D eigenvalue weighted by atomic mass is 10.1. The summed E-state index contributed by atoms with van der Waals surface area (Å²) in [6.07, 6.45) is 24.9. The van der Waals surface area contributed by atoms with Crippen LogP contribution in [0.5, 0.6) is 0 Å². The number of unbranched alkanes of at least 4 members (excludes halogenated alkanes) is 16. The molecule has 0 saturated carbocycles. The maximum atomic E-state index is 10.2. The smallest absolute Gasteiger partial charge is 0.206 e. The molecule has 1 radical (unpaired) electrons. The molecule has 0 fully saturated rings. The maximum Gasteiger partial charge on any atom is 0.206 e. The minimum atomic E-state index is -0.998. The molecule has 0 spiro atoms. The average Bonchev–Trinajstić information content (AvgIpc) is 2.59. The van der Waals surface area contributed by atoms with Crippen LogP contribution < -0.4 is 0 Å². The number of rotatable bonds is 20. The topological polar surface area (TPSA) is 20.2 Å². The first kappa shape index (κ1) is 24.2. The van der Waals surface area contributed by atoms with Crippen molar-refractivity contribution in [1.82, 2.24) is 0 Å². The van der Waals surface area contributed by atoms with Crippen molar-refractivity contribution >= 4 is 9.04 Å². The zero-order valence-corrected chi connectivity index (χ0v) is 18.1. The van der Waals surface area contributed by atoms with Gasteiger partial charge in [0.25, 0.3) is 0 Å². The Kier molecular flexibility index (Phi) is 21.4. The second-order valence-corrected chi connectivity index (χ2v) is 9.86. The van der Waals surface area contributed by atoms with Crippen molar-refractivity contribution in [2.75, 3.05) is 0 Å². The SMILES string of the molecule is CCCCCCCCCCC[Si](O)CCCCCCCCCCC. The van der Waals surface area contributed by atoms with Crippen LogP contribution in [0.25, 0.3) is 0 Å². The molecule has 0 aromatic carbocycles. The van der Waals surface area contributed by atoms with E-state index in [-0.39, 0.29) is 0 Å². The number of hydrogen-bond donors (Lipinski definition) is 1. The van der Waals surface area contributed by atoms with E-state index in [2.05, 4.69) is 13.8 Å². The molecule has 0 aliphatic rings. The Morgan fingerprint density at radius 3 is 0.958 bits per heavy atom. The van der Waals surface area contributed by atoms with E-state index in [0.29, 0.717) is 0 Å². The Hall–Kier alpha value is 0.177. The molecule has 24 heavy (non-hydrogen) atoms. The summed E-state index contributed by atoms with van der Waals surface area (Å²) in [7, 11) is -0.998. The van der Waals surface area contributed by atoms with Crippen molar-refractivity contribution in [2.24, 2.45) is 0 Å². The molecule has 0 rings (SSSR count). The quantitative estimate of drug-likeness (QED) is 0.173. The Labute approximate surface area is 155 Å². The third kappa shape index (κ3) is 20.2. The Morgan fingerprint density at radius 2 is 0.667 bits per heavy atom. The Bertz CT molecular complexity index is 198. The van der Waals surface area contributed by atoms with Crippen LogP contribution >= 0.6 is 0 Å². The van der Waals surface area contributed by atoms with E-state index in [0.717, 1.165) is 12.1 Å². The fourth-order valence-corrected chi connectivity index (χ4v) is 4.97. The minimum Gasteiger partial charge on any atom is -0.431 e. The fraction of sp³-hybridized carbons (Fsp3) is 1.00. The van der Waals surface area contributed by atoms with Crippen LogP contribution in [0.2, 0.25) is 12.1 Å². The molecule has 0 heterocycles. The highest BCUT2D eigenvalue weighted by molar-refractivity contribution is 6.50. The molecule has 0 amide bonds. The Morgan fingerprint density at radius 1 is 0.417 bits per heavy atom. The van der Waals surface area contributed by atoms with Gasteiger partial charge in [-0.05, 0) is 12.1 Å². The molecule has 0 aliphatic heterocycles. The molecule has 145 valence electrons. The van der Waals surface area contributed by atoms with Gasteiger partial charge in [-0.2, -0.15) is 0 Å². The first-order chi connectivity index (χ1) is 11.8. The molecule has 0 unspecified atom stereocenters. The predicted octanol–water partition coefficient (Wildman–Crippen LogP) is 8.03. The van der Waals surface area contributed by atoms with Gasteiger partial charge in [0, 0.05) is 0 Å². The second-order valence-electron chi connectivity index (χ2n) is 7.72. The van der Waals surface area contributed by atoms with E-state index in [1.54, 1.807) is 0 Å². The standard InChI is InChI=1S/C22H47OSi/c1-3-5-7-9-11-13-15-17-19-21-24(23)22-20-18-16-14-12-10-8-6-4-2/h23H,3-22H2,1-2H3. The van der Waals surface area contributed by atoms with Crippen molar-refractivity contribution in [3.8, 4) is 0 Å². The third-order valence-electron chi connectivity index (χ3n) is 5.14. The van der Waals surface area contributed by atoms with Crippen LogP contribution in [0.3, 0.4) is 0 Å². The van der Waals surface area contributed by atoms with E-state index >= 15 is 0 Å². The van der Waals surface area contributed by atoms with Gasteiger partial charge in [0.2, 0.25) is 9.04 Å². The summed E-state index contributed by atoms with van der Waals surface area (Å²) >= 11 is 0. The molecular weight excluding hydrogens is 308 g/mol. The van der Waals surface area contributed by atoms with E-state index in [4.69, 9.17) is 0 Å². The first-order valence-electron chi connectivity index (χ1n) is 11.3. The summed E-state index contributed by atoms with van der Waals surface area (Å²) in [6.45, 7) is 4.56. The van der Waals surface area contributed by atoms with E-state index in [1.807, 2.05) is 0 Å². The van der Waals surface area contributed by atoms with Gasteiger partial charge in [0.05, 0.1) is 0 Å². The average molecular weight is 356 g/mol. The van der Waals surface area contributed by atoms with Crippen molar-refractivity contribution < 1.29 is 4.80 Å². The van der Waals surface area contributed by atoms with Gasteiger partial charge in [-0.3, -0.25) is 0 Å². The summed E-state index contributed by atoms with van der Waals surface area (Å²) in [5.41, 5.74) is 0. The van der Waals surface area contributed by atoms with E-state index in [1.165, 1.54) is 116 Å². The molecule has 2 heteroatoms. The third-order valence-corrected chi connectivity index (χ3v) is 7.00. The molecule has 0 atom stereocenters. The summed E-state index contributed by atoms with van der Waals surface area (Å²) in [5, 5.41) is 0. The van der Waals surface area contributed by atoms with Crippen LogP contribution in [-0.2, 0) is 0 Å². The molecule has 0 saturated heterocycles. The summed E-state index contributed by atoms with van der Waals surface area (Å²) in [4.78, 5) is 10.2. The minimum absolute atomic E-state index is 0.998. The van der Waals surface area contributed by atoms with Crippen LogP contribution in [0.1, 0.15) is 129 Å². The summed E-state index contributed by atoms with van der Waals surface area (Å²) in [5.74, 6) is 0. The lowest BCUT2D eigenvalue weighted by Crippen LogP contribution is -2.10. The highest BCUT2D eigenvalue weighted by Crippen LogP contribution is 2.15. The molecule has 0 bridgehead atoms. The molecule has 1 N–H and O–H groups in total. The molecule has 0 aromatic heterocycles. The largest absolute Gasteiger partial charge is 0.431 e. The van der Waals surface area contributed by atoms with E-state index in [9.17, 15) is 4.80 Å². The normalized spacial score (nSPS) is 11.5. The summed E-state index contributed by atoms with van der Waals surface area (Å²) < 4.78 is 0. The van der Waals surface area contributed by atoms with Crippen LogP contribution in [0.4, 0.5) is 0 Å². The second kappa shape index (κ2) is 21.2. The fourth-order valence-electron chi connectivity index (χ4n) is 3.40. The monoisotopic (exact) mass is 355 g/mol.